The van der Waals surface area contributed by atoms with Crippen LogP contribution in [0.15, 0.2) is 24.3 Å². The summed E-state index contributed by atoms with van der Waals surface area (Å²) in [5.74, 6) is 0. The van der Waals surface area contributed by atoms with Gasteiger partial charge in [0, 0.05) is 10.6 Å². The predicted molar refractivity (Wildman–Crippen MR) is 71.1 cm³/mol. The lowest BCUT2D eigenvalue weighted by molar-refractivity contribution is -0.937. The normalized spacial score (nSPS) is 19.9. The monoisotopic (exact) mass is 254 g/mol. The number of benzene rings is 1. The van der Waals surface area contributed by atoms with Crippen LogP contribution >= 0.6 is 11.6 Å². The van der Waals surface area contributed by atoms with Crippen LogP contribution in [0.4, 0.5) is 0 Å². The number of hydrogen-bond donors (Lipinski definition) is 2. The zero-order valence-corrected chi connectivity index (χ0v) is 11.2. The van der Waals surface area contributed by atoms with E-state index in [2.05, 4.69) is 17.9 Å². The van der Waals surface area contributed by atoms with E-state index in [1.807, 2.05) is 12.1 Å². The zero-order chi connectivity index (χ0) is 12.1. The third-order valence-electron chi connectivity index (χ3n) is 3.80. The summed E-state index contributed by atoms with van der Waals surface area (Å²) >= 11 is 5.95. The highest BCUT2D eigenvalue weighted by Gasteiger charge is 2.25. The van der Waals surface area contributed by atoms with E-state index in [0.717, 1.165) is 11.6 Å². The maximum absolute atomic E-state index is 5.95. The van der Waals surface area contributed by atoms with Crippen molar-refractivity contribution in [2.75, 3.05) is 19.6 Å². The smallest absolute Gasteiger partial charge is 0.162 e. The van der Waals surface area contributed by atoms with E-state index in [-0.39, 0.29) is 0 Å². The highest BCUT2D eigenvalue weighted by molar-refractivity contribution is 6.30. The average Bonchev–Trinajstić information content (AvgIpc) is 2.62. The minimum Gasteiger partial charge on any atom is -0.352 e. The molecule has 1 aromatic carbocycles. The van der Waals surface area contributed by atoms with E-state index in [4.69, 9.17) is 11.6 Å². The maximum atomic E-state index is 5.95. The molecule has 1 fully saturated rings. The second-order valence-electron chi connectivity index (χ2n) is 4.97. The second kappa shape index (κ2) is 6.39. The molecule has 2 rings (SSSR count). The van der Waals surface area contributed by atoms with Crippen molar-refractivity contribution in [1.29, 1.82) is 0 Å². The molecule has 1 aliphatic rings. The van der Waals surface area contributed by atoms with Crippen LogP contribution in [0.25, 0.3) is 0 Å². The molecule has 1 aliphatic heterocycles. The van der Waals surface area contributed by atoms with Crippen molar-refractivity contribution >= 4 is 11.6 Å². The Hall–Kier alpha value is -0.570. The summed E-state index contributed by atoms with van der Waals surface area (Å²) in [4.78, 5) is 1.71. The molecule has 17 heavy (non-hydrogen) atoms. The van der Waals surface area contributed by atoms with Gasteiger partial charge in [-0.3, -0.25) is 0 Å². The lowest BCUT2D eigenvalue weighted by Crippen LogP contribution is -3.13. The lowest BCUT2D eigenvalue weighted by atomic mass is 10.1. The Bertz CT molecular complexity index is 329. The van der Waals surface area contributed by atoms with Gasteiger partial charge in [0.1, 0.15) is 6.54 Å². The highest BCUT2D eigenvalue weighted by Crippen LogP contribution is 2.14. The second-order valence-corrected chi connectivity index (χ2v) is 5.40. The Balaban J connectivity index is 2.11. The summed E-state index contributed by atoms with van der Waals surface area (Å²) in [6.45, 7) is 3.56. The molecular weight excluding hydrogens is 232 g/mol. The molecule has 4 N–H and O–H groups in total. The summed E-state index contributed by atoms with van der Waals surface area (Å²) in [5.41, 5.74) is 5.53. The van der Waals surface area contributed by atoms with Crippen molar-refractivity contribution < 1.29 is 10.6 Å². The topological polar surface area (TPSA) is 32.1 Å². The quantitative estimate of drug-likeness (QED) is 0.809. The number of nitrogens with one attached hydrogen (secondary N) is 1. The molecular formula is C14H23ClN2+2. The van der Waals surface area contributed by atoms with E-state index in [9.17, 15) is 0 Å². The summed E-state index contributed by atoms with van der Waals surface area (Å²) < 4.78 is 0. The van der Waals surface area contributed by atoms with E-state index < -0.39 is 0 Å². The minimum absolute atomic E-state index is 0.547. The van der Waals surface area contributed by atoms with Gasteiger partial charge in [0.05, 0.1) is 13.1 Å². The zero-order valence-electron chi connectivity index (χ0n) is 10.4. The SMILES string of the molecule is [NH3+]C[C@@H](c1ccc(Cl)cc1)[NH+]1CCCCCC1. The predicted octanol–water partition coefficient (Wildman–Crippen LogP) is 1.08. The Morgan fingerprint density at radius 2 is 1.65 bits per heavy atom. The molecule has 0 spiro atoms. The fourth-order valence-electron chi connectivity index (χ4n) is 2.83. The molecule has 0 aromatic heterocycles. The van der Waals surface area contributed by atoms with Crippen LogP contribution in [0.2, 0.25) is 5.02 Å². The third kappa shape index (κ3) is 3.44. The van der Waals surface area contributed by atoms with E-state index >= 15 is 0 Å². The first-order valence-corrected chi connectivity index (χ1v) is 7.08. The van der Waals surface area contributed by atoms with Crippen molar-refractivity contribution in [1.82, 2.24) is 0 Å². The summed E-state index contributed by atoms with van der Waals surface area (Å²) in [6.07, 6.45) is 5.51. The molecule has 0 aliphatic carbocycles. The highest BCUT2D eigenvalue weighted by atomic mass is 35.5. The van der Waals surface area contributed by atoms with Gasteiger partial charge in [0.15, 0.2) is 6.04 Å². The van der Waals surface area contributed by atoms with E-state index in [0.29, 0.717) is 6.04 Å². The van der Waals surface area contributed by atoms with Crippen LogP contribution in [0.3, 0.4) is 0 Å². The molecule has 0 saturated carbocycles. The molecule has 3 heteroatoms. The van der Waals surface area contributed by atoms with Gasteiger partial charge in [-0.05, 0) is 37.8 Å². The van der Waals surface area contributed by atoms with Gasteiger partial charge in [-0.25, -0.2) is 0 Å². The first kappa shape index (κ1) is 12.9. The summed E-state index contributed by atoms with van der Waals surface area (Å²) in [5, 5.41) is 0.822. The molecule has 0 bridgehead atoms. The van der Waals surface area contributed by atoms with Gasteiger partial charge in [0.2, 0.25) is 0 Å². The van der Waals surface area contributed by atoms with Gasteiger partial charge in [0.25, 0.3) is 0 Å². The van der Waals surface area contributed by atoms with Crippen LogP contribution < -0.4 is 10.6 Å². The molecule has 94 valence electrons. The number of likely N-dealkylation sites (tertiary alicyclic amines) is 1. The fraction of sp³-hybridized carbons (Fsp3) is 0.571. The van der Waals surface area contributed by atoms with Crippen LogP contribution in [0.5, 0.6) is 0 Å². The van der Waals surface area contributed by atoms with Crippen molar-refractivity contribution in [3.63, 3.8) is 0 Å². The first-order valence-electron chi connectivity index (χ1n) is 6.70. The number of quaternary nitrogens is 2. The summed E-state index contributed by atoms with van der Waals surface area (Å²) in [6, 6.07) is 8.87. The first-order chi connectivity index (χ1) is 8.31. The molecule has 1 atom stereocenters. The van der Waals surface area contributed by atoms with Crippen LogP contribution in [0, 0.1) is 0 Å². The molecule has 2 nitrogen and oxygen atoms in total. The van der Waals surface area contributed by atoms with Gasteiger partial charge in [-0.2, -0.15) is 0 Å². The van der Waals surface area contributed by atoms with Crippen molar-refractivity contribution in [2.24, 2.45) is 0 Å². The van der Waals surface area contributed by atoms with Gasteiger partial charge < -0.3 is 10.6 Å². The van der Waals surface area contributed by atoms with Crippen LogP contribution in [-0.4, -0.2) is 19.6 Å². The van der Waals surface area contributed by atoms with Crippen molar-refractivity contribution in [3.8, 4) is 0 Å². The Labute approximate surface area is 109 Å². The molecule has 1 aromatic rings. The minimum atomic E-state index is 0.547. The standard InChI is InChI=1S/C14H21ClN2/c15-13-7-5-12(6-8-13)14(11-16)17-9-3-1-2-4-10-17/h5-8,14H,1-4,9-11,16H2/p+2/t14-/m0/s1. The van der Waals surface area contributed by atoms with Crippen LogP contribution in [-0.2, 0) is 0 Å². The van der Waals surface area contributed by atoms with Crippen molar-refractivity contribution in [2.45, 2.75) is 31.7 Å². The van der Waals surface area contributed by atoms with Gasteiger partial charge >= 0.3 is 0 Å². The largest absolute Gasteiger partial charge is 0.352 e. The fourth-order valence-corrected chi connectivity index (χ4v) is 2.96. The summed E-state index contributed by atoms with van der Waals surface area (Å²) in [7, 11) is 0. The Morgan fingerprint density at radius 3 is 2.18 bits per heavy atom. The molecule has 1 saturated heterocycles. The molecule has 0 amide bonds. The van der Waals surface area contributed by atoms with E-state index in [1.165, 1.54) is 44.3 Å². The number of halogens is 1. The maximum Gasteiger partial charge on any atom is 0.162 e. The molecule has 0 radical (unpaired) electrons. The Morgan fingerprint density at radius 1 is 1.06 bits per heavy atom. The van der Waals surface area contributed by atoms with E-state index in [1.54, 1.807) is 4.90 Å². The van der Waals surface area contributed by atoms with Crippen LogP contribution in [0.1, 0.15) is 37.3 Å². The van der Waals surface area contributed by atoms with Crippen molar-refractivity contribution in [3.05, 3.63) is 34.9 Å². The number of rotatable bonds is 3. The molecule has 1 heterocycles. The van der Waals surface area contributed by atoms with Gasteiger partial charge in [-0.15, -0.1) is 0 Å². The Kier molecular flexibility index (Phi) is 4.84. The third-order valence-corrected chi connectivity index (χ3v) is 4.05. The lowest BCUT2D eigenvalue weighted by Gasteiger charge is -2.25. The van der Waals surface area contributed by atoms with Gasteiger partial charge in [-0.1, -0.05) is 23.7 Å². The average molecular weight is 255 g/mol. The molecule has 0 unspecified atom stereocenters. The number of hydrogen-bond acceptors (Lipinski definition) is 0.